The molecule has 3 nitrogen and oxygen atoms in total. The summed E-state index contributed by atoms with van der Waals surface area (Å²) in [5.74, 6) is 5.72. The standard InChI is InChI=1S/C8H16N2O/c9-11-6-7-3-4-10(5-7)8-1-2-8/h7-8H,1-6,9H2. The quantitative estimate of drug-likeness (QED) is 0.600. The Kier molecular flexibility index (Phi) is 2.11. The van der Waals surface area contributed by atoms with E-state index in [4.69, 9.17) is 5.90 Å². The highest BCUT2D eigenvalue weighted by molar-refractivity contribution is 4.89. The molecule has 1 aliphatic heterocycles. The first kappa shape index (κ1) is 7.53. The normalized spacial score (nSPS) is 33.0. The molecule has 1 unspecified atom stereocenters. The fraction of sp³-hybridized carbons (Fsp3) is 1.00. The van der Waals surface area contributed by atoms with Crippen molar-refractivity contribution in [3.8, 4) is 0 Å². The monoisotopic (exact) mass is 156 g/mol. The van der Waals surface area contributed by atoms with Crippen molar-refractivity contribution in [1.82, 2.24) is 4.90 Å². The summed E-state index contributed by atoms with van der Waals surface area (Å²) in [6.45, 7) is 3.21. The summed E-state index contributed by atoms with van der Waals surface area (Å²) in [4.78, 5) is 7.22. The Balaban J connectivity index is 1.74. The lowest BCUT2D eigenvalue weighted by Gasteiger charge is -2.13. The highest BCUT2D eigenvalue weighted by Gasteiger charge is 2.34. The third-order valence-electron chi connectivity index (χ3n) is 2.71. The Labute approximate surface area is 67.4 Å². The van der Waals surface area contributed by atoms with Crippen LogP contribution in [0.15, 0.2) is 0 Å². The molecule has 1 aliphatic carbocycles. The Hall–Kier alpha value is -0.120. The lowest BCUT2D eigenvalue weighted by atomic mass is 10.1. The summed E-state index contributed by atoms with van der Waals surface area (Å²) in [5, 5.41) is 0. The van der Waals surface area contributed by atoms with Crippen LogP contribution in [-0.4, -0.2) is 30.6 Å². The number of likely N-dealkylation sites (tertiary alicyclic amines) is 1. The first-order valence-electron chi connectivity index (χ1n) is 4.46. The molecule has 1 saturated carbocycles. The van der Waals surface area contributed by atoms with E-state index in [9.17, 15) is 0 Å². The topological polar surface area (TPSA) is 38.5 Å². The Morgan fingerprint density at radius 3 is 2.82 bits per heavy atom. The van der Waals surface area contributed by atoms with Crippen LogP contribution in [0, 0.1) is 5.92 Å². The third-order valence-corrected chi connectivity index (χ3v) is 2.71. The SMILES string of the molecule is NOCC1CCN(C2CC2)C1. The molecular formula is C8H16N2O. The lowest BCUT2D eigenvalue weighted by molar-refractivity contribution is 0.103. The van der Waals surface area contributed by atoms with Crippen molar-refractivity contribution in [2.75, 3.05) is 19.7 Å². The minimum absolute atomic E-state index is 0.695. The van der Waals surface area contributed by atoms with E-state index in [0.717, 1.165) is 12.6 Å². The van der Waals surface area contributed by atoms with Crippen LogP contribution in [0.1, 0.15) is 19.3 Å². The molecule has 64 valence electrons. The van der Waals surface area contributed by atoms with E-state index in [1.807, 2.05) is 0 Å². The van der Waals surface area contributed by atoms with Gasteiger partial charge in [-0.3, -0.25) is 0 Å². The van der Waals surface area contributed by atoms with Gasteiger partial charge in [0.2, 0.25) is 0 Å². The summed E-state index contributed by atoms with van der Waals surface area (Å²) < 4.78 is 0. The summed E-state index contributed by atoms with van der Waals surface area (Å²) in [6, 6.07) is 0.915. The van der Waals surface area contributed by atoms with Crippen molar-refractivity contribution in [3.63, 3.8) is 0 Å². The van der Waals surface area contributed by atoms with Crippen molar-refractivity contribution in [2.24, 2.45) is 11.8 Å². The van der Waals surface area contributed by atoms with Crippen molar-refractivity contribution >= 4 is 0 Å². The van der Waals surface area contributed by atoms with Gasteiger partial charge >= 0.3 is 0 Å². The molecule has 11 heavy (non-hydrogen) atoms. The van der Waals surface area contributed by atoms with Gasteiger partial charge in [0.05, 0.1) is 6.61 Å². The Morgan fingerprint density at radius 2 is 2.18 bits per heavy atom. The molecule has 0 bridgehead atoms. The van der Waals surface area contributed by atoms with Gasteiger partial charge in [-0.2, -0.15) is 0 Å². The van der Waals surface area contributed by atoms with Crippen LogP contribution < -0.4 is 5.90 Å². The zero-order valence-corrected chi connectivity index (χ0v) is 6.83. The molecule has 1 heterocycles. The molecule has 0 aromatic rings. The van der Waals surface area contributed by atoms with E-state index in [1.165, 1.54) is 32.4 Å². The number of hydrogen-bond donors (Lipinski definition) is 1. The Morgan fingerprint density at radius 1 is 1.36 bits per heavy atom. The largest absolute Gasteiger partial charge is 0.304 e. The van der Waals surface area contributed by atoms with E-state index in [1.54, 1.807) is 0 Å². The maximum atomic E-state index is 5.03. The molecule has 0 aromatic carbocycles. The van der Waals surface area contributed by atoms with Crippen molar-refractivity contribution in [2.45, 2.75) is 25.3 Å². The number of hydrogen-bond acceptors (Lipinski definition) is 3. The summed E-state index contributed by atoms with van der Waals surface area (Å²) in [5.41, 5.74) is 0. The van der Waals surface area contributed by atoms with Gasteiger partial charge < -0.3 is 9.74 Å². The predicted molar refractivity (Wildman–Crippen MR) is 42.8 cm³/mol. The van der Waals surface area contributed by atoms with E-state index in [2.05, 4.69) is 9.74 Å². The number of nitrogens with two attached hydrogens (primary N) is 1. The molecule has 2 rings (SSSR count). The summed E-state index contributed by atoms with van der Waals surface area (Å²) in [6.07, 6.45) is 4.10. The van der Waals surface area contributed by atoms with Crippen molar-refractivity contribution < 1.29 is 4.84 Å². The zero-order chi connectivity index (χ0) is 7.68. The molecule has 2 fully saturated rings. The predicted octanol–water partition coefficient (Wildman–Crippen LogP) is 0.361. The van der Waals surface area contributed by atoms with E-state index < -0.39 is 0 Å². The Bertz CT molecular complexity index is 136. The van der Waals surface area contributed by atoms with Gasteiger partial charge in [0, 0.05) is 12.6 Å². The van der Waals surface area contributed by atoms with Gasteiger partial charge in [0.25, 0.3) is 0 Å². The molecule has 0 radical (unpaired) electrons. The highest BCUT2D eigenvalue weighted by Crippen LogP contribution is 2.31. The van der Waals surface area contributed by atoms with Gasteiger partial charge in [-0.15, -0.1) is 0 Å². The van der Waals surface area contributed by atoms with Crippen LogP contribution in [0.5, 0.6) is 0 Å². The zero-order valence-electron chi connectivity index (χ0n) is 6.83. The molecule has 0 aromatic heterocycles. The minimum Gasteiger partial charge on any atom is -0.304 e. The van der Waals surface area contributed by atoms with Crippen LogP contribution >= 0.6 is 0 Å². The van der Waals surface area contributed by atoms with E-state index >= 15 is 0 Å². The summed E-state index contributed by atoms with van der Waals surface area (Å²) in [7, 11) is 0. The molecule has 0 amide bonds. The second kappa shape index (κ2) is 3.09. The molecule has 3 heteroatoms. The van der Waals surface area contributed by atoms with Crippen molar-refractivity contribution in [3.05, 3.63) is 0 Å². The third kappa shape index (κ3) is 1.72. The maximum absolute atomic E-state index is 5.03. The van der Waals surface area contributed by atoms with Gasteiger partial charge in [-0.25, -0.2) is 5.90 Å². The van der Waals surface area contributed by atoms with Gasteiger partial charge in [-0.1, -0.05) is 0 Å². The van der Waals surface area contributed by atoms with E-state index in [-0.39, 0.29) is 0 Å². The fourth-order valence-electron chi connectivity index (χ4n) is 1.91. The summed E-state index contributed by atoms with van der Waals surface area (Å²) >= 11 is 0. The maximum Gasteiger partial charge on any atom is 0.0720 e. The second-order valence-electron chi connectivity index (χ2n) is 3.71. The molecule has 0 spiro atoms. The smallest absolute Gasteiger partial charge is 0.0720 e. The number of rotatable bonds is 3. The minimum atomic E-state index is 0.695. The first-order valence-corrected chi connectivity index (χ1v) is 4.46. The van der Waals surface area contributed by atoms with Gasteiger partial charge in [0.1, 0.15) is 0 Å². The second-order valence-corrected chi connectivity index (χ2v) is 3.71. The average molecular weight is 156 g/mol. The van der Waals surface area contributed by atoms with Crippen LogP contribution in [0.4, 0.5) is 0 Å². The first-order chi connectivity index (χ1) is 5.40. The van der Waals surface area contributed by atoms with Crippen LogP contribution in [0.3, 0.4) is 0 Å². The van der Waals surface area contributed by atoms with Crippen LogP contribution in [0.2, 0.25) is 0 Å². The molecule has 1 atom stereocenters. The van der Waals surface area contributed by atoms with Gasteiger partial charge in [0.15, 0.2) is 0 Å². The molecule has 1 saturated heterocycles. The average Bonchev–Trinajstić information content (AvgIpc) is 2.75. The highest BCUT2D eigenvalue weighted by atomic mass is 16.6. The molecular weight excluding hydrogens is 140 g/mol. The van der Waals surface area contributed by atoms with Crippen LogP contribution in [-0.2, 0) is 4.84 Å². The fourth-order valence-corrected chi connectivity index (χ4v) is 1.91. The van der Waals surface area contributed by atoms with Gasteiger partial charge in [-0.05, 0) is 31.7 Å². The lowest BCUT2D eigenvalue weighted by Crippen LogP contribution is -2.24. The van der Waals surface area contributed by atoms with Crippen LogP contribution in [0.25, 0.3) is 0 Å². The van der Waals surface area contributed by atoms with Crippen molar-refractivity contribution in [1.29, 1.82) is 0 Å². The van der Waals surface area contributed by atoms with E-state index in [0.29, 0.717) is 5.92 Å². The molecule has 2 aliphatic rings. The molecule has 2 N–H and O–H groups in total. The number of nitrogens with zero attached hydrogens (tertiary/aromatic N) is 1.